The first-order chi connectivity index (χ1) is 6.74. The average Bonchev–Trinajstić information content (AvgIpc) is 2.00. The van der Waals surface area contributed by atoms with E-state index in [0.717, 1.165) is 12.3 Å². The van der Waals surface area contributed by atoms with Gasteiger partial charge in [0, 0.05) is 6.04 Å². The van der Waals surface area contributed by atoms with Crippen LogP contribution in [0.4, 0.5) is 0 Å². The van der Waals surface area contributed by atoms with Gasteiger partial charge in [-0.05, 0) is 43.9 Å². The van der Waals surface area contributed by atoms with Crippen LogP contribution in [0, 0.1) is 11.3 Å². The van der Waals surface area contributed by atoms with Gasteiger partial charge >= 0.3 is 0 Å². The second-order valence-electron chi connectivity index (χ2n) is 6.06. The monoisotopic (exact) mass is 211 g/mol. The third-order valence-electron chi connectivity index (χ3n) is 2.96. The number of rotatable bonds is 7. The van der Waals surface area contributed by atoms with Crippen molar-refractivity contribution >= 4 is 0 Å². The molecule has 0 aromatic rings. The van der Waals surface area contributed by atoms with Gasteiger partial charge in [-0.2, -0.15) is 0 Å². The quantitative estimate of drug-likeness (QED) is 0.629. The third-order valence-corrected chi connectivity index (χ3v) is 2.96. The predicted molar refractivity (Wildman–Crippen MR) is 69.9 cm³/mol. The van der Waals surface area contributed by atoms with Gasteiger partial charge in [0.25, 0.3) is 0 Å². The summed E-state index contributed by atoms with van der Waals surface area (Å²) in [5.41, 5.74) is 7.42. The van der Waals surface area contributed by atoms with Gasteiger partial charge in [0.05, 0.1) is 0 Å². The van der Waals surface area contributed by atoms with Crippen LogP contribution >= 0.6 is 0 Å². The van der Waals surface area contributed by atoms with Gasteiger partial charge in [0.2, 0.25) is 0 Å². The van der Waals surface area contributed by atoms with Gasteiger partial charge in [-0.25, -0.2) is 0 Å². The van der Waals surface area contributed by atoms with Crippen LogP contribution in [-0.4, -0.2) is 6.04 Å². The van der Waals surface area contributed by atoms with E-state index in [0.29, 0.717) is 5.41 Å². The van der Waals surface area contributed by atoms with Crippen LogP contribution in [0.25, 0.3) is 0 Å². The first-order valence-corrected chi connectivity index (χ1v) is 6.18. The zero-order chi connectivity index (χ0) is 12.1. The first kappa shape index (κ1) is 14.7. The van der Waals surface area contributed by atoms with E-state index in [1.807, 2.05) is 6.92 Å². The predicted octanol–water partition coefficient (Wildman–Crippen LogP) is 4.13. The Labute approximate surface area is 96.1 Å². The molecule has 1 nitrogen and oxygen atoms in total. The molecule has 0 aromatic heterocycles. The summed E-state index contributed by atoms with van der Waals surface area (Å²) < 4.78 is 0. The maximum Gasteiger partial charge on any atom is 0.0222 e. The molecule has 0 saturated heterocycles. The summed E-state index contributed by atoms with van der Waals surface area (Å²) in [5.74, 6) is 0.789. The van der Waals surface area contributed by atoms with E-state index < -0.39 is 0 Å². The van der Waals surface area contributed by atoms with Crippen LogP contribution < -0.4 is 5.73 Å². The molecule has 0 aliphatic heterocycles. The van der Waals surface area contributed by atoms with Gasteiger partial charge in [-0.1, -0.05) is 39.8 Å². The lowest BCUT2D eigenvalue weighted by atomic mass is 9.79. The highest BCUT2D eigenvalue weighted by Crippen LogP contribution is 2.31. The summed E-state index contributed by atoms with van der Waals surface area (Å²) in [6.45, 7) is 15.3. The van der Waals surface area contributed by atoms with Crippen molar-refractivity contribution in [1.82, 2.24) is 0 Å². The lowest BCUT2D eigenvalue weighted by Crippen LogP contribution is -2.18. The van der Waals surface area contributed by atoms with Gasteiger partial charge in [-0.15, -0.1) is 0 Å². The van der Waals surface area contributed by atoms with E-state index in [1.165, 1.54) is 24.8 Å². The Bertz CT molecular complexity index is 190. The number of hydrogen-bond donors (Lipinski definition) is 1. The Balaban J connectivity index is 3.79. The molecule has 0 bridgehead atoms. The highest BCUT2D eigenvalue weighted by Gasteiger charge is 2.18. The number of hydrogen-bond acceptors (Lipinski definition) is 1. The Morgan fingerprint density at radius 1 is 1.27 bits per heavy atom. The molecule has 1 heteroatoms. The largest absolute Gasteiger partial charge is 0.324 e. The fourth-order valence-electron chi connectivity index (χ4n) is 2.23. The molecule has 0 saturated carbocycles. The summed E-state index contributed by atoms with van der Waals surface area (Å²) >= 11 is 0. The third kappa shape index (κ3) is 7.61. The van der Waals surface area contributed by atoms with Crippen molar-refractivity contribution in [1.29, 1.82) is 0 Å². The van der Waals surface area contributed by atoms with Gasteiger partial charge in [0.15, 0.2) is 0 Å². The van der Waals surface area contributed by atoms with Gasteiger partial charge in [0.1, 0.15) is 0 Å². The molecule has 0 aliphatic carbocycles. The highest BCUT2D eigenvalue weighted by atomic mass is 14.6. The van der Waals surface area contributed by atoms with Crippen molar-refractivity contribution in [3.05, 3.63) is 12.2 Å². The van der Waals surface area contributed by atoms with Crippen molar-refractivity contribution in [3.8, 4) is 0 Å². The van der Waals surface area contributed by atoms with Crippen LogP contribution in [0.15, 0.2) is 12.2 Å². The molecule has 0 fully saturated rings. The summed E-state index contributed by atoms with van der Waals surface area (Å²) in [4.78, 5) is 0. The van der Waals surface area contributed by atoms with Gasteiger partial charge in [-0.3, -0.25) is 0 Å². The Hall–Kier alpha value is -0.300. The average molecular weight is 211 g/mol. The van der Waals surface area contributed by atoms with Crippen molar-refractivity contribution in [2.24, 2.45) is 17.1 Å². The van der Waals surface area contributed by atoms with Crippen molar-refractivity contribution in [3.63, 3.8) is 0 Å². The number of nitrogens with two attached hydrogens (primary N) is 1. The van der Waals surface area contributed by atoms with E-state index in [4.69, 9.17) is 5.73 Å². The van der Waals surface area contributed by atoms with Crippen molar-refractivity contribution < 1.29 is 0 Å². The van der Waals surface area contributed by atoms with Crippen molar-refractivity contribution in [2.45, 2.75) is 66.3 Å². The van der Waals surface area contributed by atoms with E-state index in [2.05, 4.69) is 34.3 Å². The molecule has 0 aliphatic rings. The zero-order valence-electron chi connectivity index (χ0n) is 11.3. The standard InChI is InChI=1S/C14H29N/c1-11(2)10-14(5,6)9-7-8-12(3)13(4)15/h11,13H,3,7-10,15H2,1-2,4-6H3. The van der Waals surface area contributed by atoms with Crippen LogP contribution in [0.5, 0.6) is 0 Å². The topological polar surface area (TPSA) is 26.0 Å². The smallest absolute Gasteiger partial charge is 0.0222 e. The summed E-state index contributed by atoms with van der Waals surface area (Å²) in [6.07, 6.45) is 4.88. The molecule has 0 spiro atoms. The first-order valence-electron chi connectivity index (χ1n) is 6.18. The van der Waals surface area contributed by atoms with E-state index >= 15 is 0 Å². The molecule has 0 radical (unpaired) electrons. The molecule has 1 unspecified atom stereocenters. The second kappa shape index (κ2) is 6.32. The molecule has 1 atom stereocenters. The van der Waals surface area contributed by atoms with Gasteiger partial charge < -0.3 is 5.73 Å². The molecule has 0 rings (SSSR count). The zero-order valence-corrected chi connectivity index (χ0v) is 11.3. The molecule has 0 aromatic carbocycles. The Kier molecular flexibility index (Phi) is 6.19. The Morgan fingerprint density at radius 2 is 1.80 bits per heavy atom. The molecule has 2 N–H and O–H groups in total. The lowest BCUT2D eigenvalue weighted by Gasteiger charge is -2.27. The molecular weight excluding hydrogens is 182 g/mol. The van der Waals surface area contributed by atoms with Crippen LogP contribution in [-0.2, 0) is 0 Å². The fraction of sp³-hybridized carbons (Fsp3) is 0.857. The minimum atomic E-state index is 0.151. The Morgan fingerprint density at radius 3 is 2.20 bits per heavy atom. The minimum absolute atomic E-state index is 0.151. The maximum absolute atomic E-state index is 5.77. The normalized spacial score (nSPS) is 14.3. The van der Waals surface area contributed by atoms with Crippen LogP contribution in [0.3, 0.4) is 0 Å². The summed E-state index contributed by atoms with van der Waals surface area (Å²) in [6, 6.07) is 0.151. The van der Waals surface area contributed by atoms with E-state index in [-0.39, 0.29) is 6.04 Å². The van der Waals surface area contributed by atoms with Crippen molar-refractivity contribution in [2.75, 3.05) is 0 Å². The second-order valence-corrected chi connectivity index (χ2v) is 6.06. The highest BCUT2D eigenvalue weighted by molar-refractivity contribution is 5.01. The molecule has 0 amide bonds. The fourth-order valence-corrected chi connectivity index (χ4v) is 2.23. The lowest BCUT2D eigenvalue weighted by molar-refractivity contribution is 0.259. The summed E-state index contributed by atoms with van der Waals surface area (Å²) in [7, 11) is 0. The minimum Gasteiger partial charge on any atom is -0.324 e. The maximum atomic E-state index is 5.77. The molecule has 90 valence electrons. The molecule has 0 heterocycles. The van der Waals surface area contributed by atoms with Crippen LogP contribution in [0.2, 0.25) is 0 Å². The molecular formula is C14H29N. The molecule has 15 heavy (non-hydrogen) atoms. The SMILES string of the molecule is C=C(CCCC(C)(C)CC(C)C)C(C)N. The van der Waals surface area contributed by atoms with E-state index in [1.54, 1.807) is 0 Å². The van der Waals surface area contributed by atoms with E-state index in [9.17, 15) is 0 Å². The summed E-state index contributed by atoms with van der Waals surface area (Å²) in [5, 5.41) is 0. The van der Waals surface area contributed by atoms with Crippen LogP contribution in [0.1, 0.15) is 60.3 Å².